The molecule has 0 radical (unpaired) electrons. The second kappa shape index (κ2) is 6.97. The first kappa shape index (κ1) is 16.2. The van der Waals surface area contributed by atoms with E-state index in [1.807, 2.05) is 30.5 Å². The van der Waals surface area contributed by atoms with Gasteiger partial charge in [-0.05, 0) is 35.8 Å². The van der Waals surface area contributed by atoms with Gasteiger partial charge in [-0.2, -0.15) is 0 Å². The molecule has 0 saturated carbocycles. The maximum atomic E-state index is 5.66. The molecule has 0 saturated heterocycles. The van der Waals surface area contributed by atoms with Crippen molar-refractivity contribution >= 4 is 17.0 Å². The molecular weight excluding hydrogens is 338 g/mol. The van der Waals surface area contributed by atoms with Crippen LogP contribution in [0.2, 0.25) is 0 Å². The fraction of sp³-hybridized carbons (Fsp3) is 0.217. The highest BCUT2D eigenvalue weighted by molar-refractivity contribution is 5.80. The summed E-state index contributed by atoms with van der Waals surface area (Å²) in [5.41, 5.74) is 4.74. The summed E-state index contributed by atoms with van der Waals surface area (Å²) in [6.45, 7) is 3.25. The lowest BCUT2D eigenvalue weighted by Crippen LogP contribution is -2.27. The summed E-state index contributed by atoms with van der Waals surface area (Å²) >= 11 is 0. The Morgan fingerprint density at radius 2 is 1.93 bits per heavy atom. The van der Waals surface area contributed by atoms with Crippen LogP contribution in [0.5, 0.6) is 11.5 Å². The van der Waals surface area contributed by atoms with Gasteiger partial charge in [-0.1, -0.05) is 42.5 Å². The summed E-state index contributed by atoms with van der Waals surface area (Å²) < 4.78 is 16.5. The molecule has 2 aromatic carbocycles. The Labute approximate surface area is 158 Å². The van der Waals surface area contributed by atoms with E-state index < -0.39 is 0 Å². The minimum Gasteiger partial charge on any atom is -0.464 e. The minimum absolute atomic E-state index is 0.315. The quantitative estimate of drug-likeness (QED) is 0.656. The number of para-hydroxylation sites is 1. The van der Waals surface area contributed by atoms with Crippen LogP contribution in [0.25, 0.3) is 17.0 Å². The molecule has 2 aliphatic heterocycles. The summed E-state index contributed by atoms with van der Waals surface area (Å²) in [7, 11) is 0. The van der Waals surface area contributed by atoms with Crippen LogP contribution in [-0.4, -0.2) is 24.8 Å². The van der Waals surface area contributed by atoms with Crippen molar-refractivity contribution in [2.24, 2.45) is 0 Å². The van der Waals surface area contributed by atoms with Gasteiger partial charge in [-0.15, -0.1) is 0 Å². The van der Waals surface area contributed by atoms with E-state index in [1.165, 1.54) is 16.5 Å². The van der Waals surface area contributed by atoms with E-state index >= 15 is 0 Å². The van der Waals surface area contributed by atoms with E-state index in [0.29, 0.717) is 6.79 Å². The fourth-order valence-electron chi connectivity index (χ4n) is 3.64. The van der Waals surface area contributed by atoms with Gasteiger partial charge in [0.15, 0.2) is 11.5 Å². The van der Waals surface area contributed by atoms with Crippen molar-refractivity contribution in [3.63, 3.8) is 0 Å². The Balaban J connectivity index is 1.23. The minimum atomic E-state index is 0.315. The molecule has 1 aromatic heterocycles. The molecule has 4 nitrogen and oxygen atoms in total. The van der Waals surface area contributed by atoms with Crippen LogP contribution in [-0.2, 0) is 6.54 Å². The molecule has 0 fully saturated rings. The van der Waals surface area contributed by atoms with E-state index in [-0.39, 0.29) is 0 Å². The molecule has 136 valence electrons. The maximum absolute atomic E-state index is 5.66. The SMILES string of the molecule is C(=Cc1ccc2c(c1)OCO2)C1=CCN(Cc2coc3ccccc23)CC1. The molecule has 5 rings (SSSR count). The Morgan fingerprint density at radius 3 is 2.85 bits per heavy atom. The molecule has 0 aliphatic carbocycles. The summed E-state index contributed by atoms with van der Waals surface area (Å²) in [5.74, 6) is 1.65. The normalized spacial score (nSPS) is 17.0. The molecule has 0 bridgehead atoms. The second-order valence-electron chi connectivity index (χ2n) is 6.97. The van der Waals surface area contributed by atoms with Gasteiger partial charge in [0.1, 0.15) is 5.58 Å². The lowest BCUT2D eigenvalue weighted by molar-refractivity contribution is 0.174. The average molecular weight is 359 g/mol. The highest BCUT2D eigenvalue weighted by atomic mass is 16.7. The number of rotatable bonds is 4. The van der Waals surface area contributed by atoms with E-state index in [1.54, 1.807) is 0 Å². The third kappa shape index (κ3) is 3.36. The first-order chi connectivity index (χ1) is 13.3. The highest BCUT2D eigenvalue weighted by Gasteiger charge is 2.14. The second-order valence-corrected chi connectivity index (χ2v) is 6.97. The Kier molecular flexibility index (Phi) is 4.18. The zero-order valence-corrected chi connectivity index (χ0v) is 15.1. The van der Waals surface area contributed by atoms with Gasteiger partial charge < -0.3 is 13.9 Å². The van der Waals surface area contributed by atoms with Crippen LogP contribution in [0, 0.1) is 0 Å². The molecule has 0 unspecified atom stereocenters. The van der Waals surface area contributed by atoms with Crippen molar-refractivity contribution < 1.29 is 13.9 Å². The van der Waals surface area contributed by atoms with Gasteiger partial charge in [0.05, 0.1) is 6.26 Å². The number of hydrogen-bond donors (Lipinski definition) is 0. The Morgan fingerprint density at radius 1 is 1.00 bits per heavy atom. The van der Waals surface area contributed by atoms with Crippen molar-refractivity contribution in [3.8, 4) is 11.5 Å². The number of ether oxygens (including phenoxy) is 2. The monoisotopic (exact) mass is 359 g/mol. The van der Waals surface area contributed by atoms with Crippen LogP contribution in [0.1, 0.15) is 17.5 Å². The van der Waals surface area contributed by atoms with Gasteiger partial charge in [0, 0.05) is 30.6 Å². The van der Waals surface area contributed by atoms with E-state index in [9.17, 15) is 0 Å². The van der Waals surface area contributed by atoms with Crippen molar-refractivity contribution in [1.29, 1.82) is 0 Å². The molecule has 3 heterocycles. The molecule has 0 N–H and O–H groups in total. The first-order valence-corrected chi connectivity index (χ1v) is 9.29. The van der Waals surface area contributed by atoms with E-state index in [2.05, 4.69) is 41.3 Å². The van der Waals surface area contributed by atoms with Crippen molar-refractivity contribution in [2.75, 3.05) is 19.9 Å². The third-order valence-electron chi connectivity index (χ3n) is 5.17. The predicted molar refractivity (Wildman–Crippen MR) is 106 cm³/mol. The summed E-state index contributed by atoms with van der Waals surface area (Å²) in [6, 6.07) is 14.3. The number of allylic oxidation sites excluding steroid dienone is 1. The van der Waals surface area contributed by atoms with Crippen LogP contribution in [0.3, 0.4) is 0 Å². The van der Waals surface area contributed by atoms with Gasteiger partial charge in [0.25, 0.3) is 0 Å². The van der Waals surface area contributed by atoms with E-state index in [4.69, 9.17) is 13.9 Å². The molecule has 3 aromatic rings. The molecule has 0 atom stereocenters. The Hall–Kier alpha value is -2.98. The predicted octanol–water partition coefficient (Wildman–Crippen LogP) is 5.01. The standard InChI is InChI=1S/C23H21NO3/c1-2-4-21-20(3-1)19(15-25-21)14-24-11-9-17(10-12-24)5-6-18-7-8-22-23(13-18)27-16-26-22/h1-9,13,15H,10-12,14,16H2. The third-order valence-corrected chi connectivity index (χ3v) is 5.17. The number of nitrogens with zero attached hydrogens (tertiary/aromatic N) is 1. The van der Waals surface area contributed by atoms with Gasteiger partial charge in [-0.25, -0.2) is 0 Å². The number of furan rings is 1. The van der Waals surface area contributed by atoms with Crippen LogP contribution in [0.4, 0.5) is 0 Å². The van der Waals surface area contributed by atoms with E-state index in [0.717, 1.165) is 48.7 Å². The highest BCUT2D eigenvalue weighted by Crippen LogP contribution is 2.33. The molecule has 0 spiro atoms. The average Bonchev–Trinajstić information content (AvgIpc) is 3.34. The van der Waals surface area contributed by atoms with Crippen LogP contribution < -0.4 is 9.47 Å². The number of benzene rings is 2. The summed E-state index contributed by atoms with van der Waals surface area (Å²) in [5, 5.41) is 1.22. The van der Waals surface area contributed by atoms with Crippen molar-refractivity contribution in [3.05, 3.63) is 77.6 Å². The summed E-state index contributed by atoms with van der Waals surface area (Å²) in [6.07, 6.45) is 9.62. The van der Waals surface area contributed by atoms with Gasteiger partial charge in [0.2, 0.25) is 6.79 Å². The number of hydrogen-bond acceptors (Lipinski definition) is 4. The molecule has 27 heavy (non-hydrogen) atoms. The molecule has 4 heteroatoms. The largest absolute Gasteiger partial charge is 0.464 e. The fourth-order valence-corrected chi connectivity index (χ4v) is 3.64. The lowest BCUT2D eigenvalue weighted by Gasteiger charge is -2.25. The van der Waals surface area contributed by atoms with Crippen LogP contribution in [0.15, 0.2) is 70.9 Å². The topological polar surface area (TPSA) is 34.8 Å². The van der Waals surface area contributed by atoms with Gasteiger partial charge >= 0.3 is 0 Å². The Bertz CT molecular complexity index is 1030. The maximum Gasteiger partial charge on any atom is 0.231 e. The van der Waals surface area contributed by atoms with Crippen molar-refractivity contribution in [2.45, 2.75) is 13.0 Å². The molecule has 0 amide bonds. The van der Waals surface area contributed by atoms with Crippen molar-refractivity contribution in [1.82, 2.24) is 4.90 Å². The summed E-state index contributed by atoms with van der Waals surface area (Å²) in [4.78, 5) is 2.45. The van der Waals surface area contributed by atoms with Gasteiger partial charge in [-0.3, -0.25) is 4.90 Å². The lowest BCUT2D eigenvalue weighted by atomic mass is 10.0. The smallest absolute Gasteiger partial charge is 0.231 e. The molecule has 2 aliphatic rings. The zero-order valence-electron chi connectivity index (χ0n) is 15.1. The zero-order chi connectivity index (χ0) is 18.1. The first-order valence-electron chi connectivity index (χ1n) is 9.29. The number of fused-ring (bicyclic) bond motifs is 2. The van der Waals surface area contributed by atoms with Crippen LogP contribution >= 0.6 is 0 Å². The molecular formula is C23H21NO3.